The highest BCUT2D eigenvalue weighted by atomic mass is 16.5. The summed E-state index contributed by atoms with van der Waals surface area (Å²) < 4.78 is 8.87. The summed E-state index contributed by atoms with van der Waals surface area (Å²) in [5.41, 5.74) is 2.00. The normalized spacial score (nSPS) is 11.1. The average molecular weight is 549 g/mol. The Labute approximate surface area is 237 Å². The van der Waals surface area contributed by atoms with Crippen molar-refractivity contribution < 1.29 is 14.6 Å². The maximum Gasteiger partial charge on any atom is 0.335 e. The Kier molecular flexibility index (Phi) is 8.74. The van der Waals surface area contributed by atoms with Crippen LogP contribution in [-0.4, -0.2) is 26.8 Å². The monoisotopic (exact) mass is 548 g/mol. The number of para-hydroxylation sites is 1. The lowest BCUT2D eigenvalue weighted by molar-refractivity contribution is 0.0697. The predicted molar refractivity (Wildman–Crippen MR) is 160 cm³/mol. The molecule has 1 aromatic heterocycles. The fraction of sp³-hybridized carbons (Fsp3) is 0.206. The highest BCUT2D eigenvalue weighted by Crippen LogP contribution is 2.25. The van der Waals surface area contributed by atoms with E-state index in [1.54, 1.807) is 22.8 Å². The van der Waals surface area contributed by atoms with Crippen molar-refractivity contribution in [3.63, 3.8) is 0 Å². The zero-order chi connectivity index (χ0) is 28.6. The summed E-state index contributed by atoms with van der Waals surface area (Å²) in [6.07, 6.45) is 3.41. The second-order valence-corrected chi connectivity index (χ2v) is 9.94. The third-order valence-corrected chi connectivity index (χ3v) is 7.22. The number of aromatic nitrogens is 2. The Morgan fingerprint density at radius 2 is 1.29 bits per heavy atom. The molecule has 1 heterocycles. The first-order chi connectivity index (χ1) is 20.0. The van der Waals surface area contributed by atoms with E-state index in [1.165, 1.54) is 16.7 Å². The third kappa shape index (κ3) is 6.30. The first kappa shape index (κ1) is 27.6. The van der Waals surface area contributed by atoms with Gasteiger partial charge < -0.3 is 9.84 Å². The van der Waals surface area contributed by atoms with Gasteiger partial charge in [-0.25, -0.2) is 14.2 Å². The van der Waals surface area contributed by atoms with E-state index < -0.39 is 12.0 Å². The van der Waals surface area contributed by atoms with Gasteiger partial charge in [0.05, 0.1) is 29.1 Å². The lowest BCUT2D eigenvalue weighted by atomic mass is 9.98. The van der Waals surface area contributed by atoms with Crippen LogP contribution < -0.4 is 16.0 Å². The molecule has 0 aliphatic rings. The maximum atomic E-state index is 14.1. The number of aromatic carboxylic acids is 1. The first-order valence-electron chi connectivity index (χ1n) is 13.8. The van der Waals surface area contributed by atoms with Crippen molar-refractivity contribution in [1.82, 2.24) is 9.13 Å². The molecule has 0 spiro atoms. The SMILES string of the molecule is O=C(O)c1ccc(OCCCCCCn2c(=O)n(C(c3ccccc3)c3ccccc3)c(=O)c3ccccc32)cc1. The van der Waals surface area contributed by atoms with Gasteiger partial charge in [-0.2, -0.15) is 0 Å². The third-order valence-electron chi connectivity index (χ3n) is 7.22. The Balaban J connectivity index is 1.33. The van der Waals surface area contributed by atoms with Crippen molar-refractivity contribution in [2.75, 3.05) is 6.61 Å². The lowest BCUT2D eigenvalue weighted by Gasteiger charge is -2.23. The van der Waals surface area contributed by atoms with Crippen molar-refractivity contribution in [2.45, 2.75) is 38.3 Å². The van der Waals surface area contributed by atoms with Crippen LogP contribution in [0.25, 0.3) is 10.9 Å². The number of aryl methyl sites for hydroxylation is 1. The van der Waals surface area contributed by atoms with E-state index >= 15 is 0 Å². The fourth-order valence-corrected chi connectivity index (χ4v) is 5.15. The molecule has 41 heavy (non-hydrogen) atoms. The molecule has 0 aliphatic carbocycles. The summed E-state index contributed by atoms with van der Waals surface area (Å²) in [6.45, 7) is 1.02. The van der Waals surface area contributed by atoms with Crippen LogP contribution in [0.2, 0.25) is 0 Å². The van der Waals surface area contributed by atoms with Crippen molar-refractivity contribution in [1.29, 1.82) is 0 Å². The van der Waals surface area contributed by atoms with Gasteiger partial charge in [0.2, 0.25) is 0 Å². The molecular weight excluding hydrogens is 516 g/mol. The molecule has 208 valence electrons. The molecule has 7 heteroatoms. The minimum absolute atomic E-state index is 0.227. The number of hydrogen-bond acceptors (Lipinski definition) is 4. The highest BCUT2D eigenvalue weighted by molar-refractivity contribution is 5.87. The standard InChI is InChI=1S/C34H32N2O5/c37-32-29-17-9-10-18-30(29)35(23-11-1-2-12-24-41-28-21-19-27(20-22-28)33(38)39)34(40)36(32)31(25-13-5-3-6-14-25)26-15-7-4-8-16-26/h3-10,13-22,31H,1-2,11-12,23-24H2,(H,38,39). The summed E-state index contributed by atoms with van der Waals surface area (Å²) in [4.78, 5) is 38.9. The molecule has 5 aromatic rings. The van der Waals surface area contributed by atoms with Crippen molar-refractivity contribution in [2.24, 2.45) is 0 Å². The van der Waals surface area contributed by atoms with Gasteiger partial charge in [-0.1, -0.05) is 85.6 Å². The van der Waals surface area contributed by atoms with Crippen LogP contribution in [0, 0.1) is 0 Å². The minimum Gasteiger partial charge on any atom is -0.494 e. The molecule has 0 saturated heterocycles. The molecular formula is C34H32N2O5. The van der Waals surface area contributed by atoms with E-state index in [4.69, 9.17) is 9.84 Å². The Morgan fingerprint density at radius 1 is 0.707 bits per heavy atom. The molecule has 0 amide bonds. The molecule has 0 atom stereocenters. The summed E-state index contributed by atoms with van der Waals surface area (Å²) in [5.74, 6) is -0.323. The van der Waals surface area contributed by atoms with Gasteiger partial charge in [0, 0.05) is 6.54 Å². The number of hydrogen-bond donors (Lipinski definition) is 1. The largest absolute Gasteiger partial charge is 0.494 e. The van der Waals surface area contributed by atoms with E-state index in [0.29, 0.717) is 29.8 Å². The summed E-state index contributed by atoms with van der Waals surface area (Å²) in [6, 6.07) is 32.5. The van der Waals surface area contributed by atoms with Gasteiger partial charge in [-0.3, -0.25) is 9.36 Å². The molecule has 0 bridgehead atoms. The number of fused-ring (bicyclic) bond motifs is 1. The van der Waals surface area contributed by atoms with E-state index in [2.05, 4.69) is 0 Å². The molecule has 7 nitrogen and oxygen atoms in total. The van der Waals surface area contributed by atoms with Gasteiger partial charge in [0.15, 0.2) is 0 Å². The number of carboxylic acids is 1. The van der Waals surface area contributed by atoms with Gasteiger partial charge >= 0.3 is 11.7 Å². The zero-order valence-corrected chi connectivity index (χ0v) is 22.7. The number of nitrogens with zero attached hydrogens (tertiary/aromatic N) is 2. The lowest BCUT2D eigenvalue weighted by Crippen LogP contribution is -2.43. The molecule has 5 rings (SSSR count). The molecule has 0 aliphatic heterocycles. The predicted octanol–water partition coefficient (Wildman–Crippen LogP) is 6.14. The Morgan fingerprint density at radius 3 is 1.93 bits per heavy atom. The Bertz CT molecular complexity index is 1690. The fourth-order valence-electron chi connectivity index (χ4n) is 5.15. The zero-order valence-electron chi connectivity index (χ0n) is 22.7. The molecule has 0 radical (unpaired) electrons. The summed E-state index contributed by atoms with van der Waals surface area (Å²) >= 11 is 0. The van der Waals surface area contributed by atoms with Gasteiger partial charge in [0.25, 0.3) is 5.56 Å². The van der Waals surface area contributed by atoms with Crippen molar-refractivity contribution >= 4 is 16.9 Å². The number of carbonyl (C=O) groups is 1. The number of rotatable bonds is 12. The van der Waals surface area contributed by atoms with Crippen LogP contribution in [0.5, 0.6) is 5.75 Å². The average Bonchev–Trinajstić information content (AvgIpc) is 3.01. The van der Waals surface area contributed by atoms with E-state index in [1.807, 2.05) is 78.9 Å². The quantitative estimate of drug-likeness (QED) is 0.189. The topological polar surface area (TPSA) is 90.5 Å². The van der Waals surface area contributed by atoms with Gasteiger partial charge in [-0.15, -0.1) is 0 Å². The molecule has 4 aromatic carbocycles. The maximum absolute atomic E-state index is 14.1. The van der Waals surface area contributed by atoms with Gasteiger partial charge in [0.1, 0.15) is 5.75 Å². The molecule has 1 N–H and O–H groups in total. The molecule has 0 unspecified atom stereocenters. The summed E-state index contributed by atoms with van der Waals surface area (Å²) in [7, 11) is 0. The van der Waals surface area contributed by atoms with Crippen LogP contribution in [0.4, 0.5) is 0 Å². The van der Waals surface area contributed by atoms with Crippen LogP contribution in [0.3, 0.4) is 0 Å². The Hall–Kier alpha value is -4.91. The number of unbranched alkanes of at least 4 members (excludes halogenated alkanes) is 3. The molecule has 0 fully saturated rings. The van der Waals surface area contributed by atoms with Crippen LogP contribution in [0.1, 0.15) is 53.2 Å². The second kappa shape index (κ2) is 13.0. The van der Waals surface area contributed by atoms with E-state index in [0.717, 1.165) is 36.8 Å². The summed E-state index contributed by atoms with van der Waals surface area (Å²) in [5, 5.41) is 9.53. The minimum atomic E-state index is -0.963. The second-order valence-electron chi connectivity index (χ2n) is 9.94. The molecule has 0 saturated carbocycles. The first-order valence-corrected chi connectivity index (χ1v) is 13.8. The number of benzene rings is 4. The van der Waals surface area contributed by atoms with Gasteiger partial charge in [-0.05, 0) is 60.4 Å². The van der Waals surface area contributed by atoms with E-state index in [9.17, 15) is 14.4 Å². The van der Waals surface area contributed by atoms with Crippen LogP contribution in [0.15, 0.2) is 119 Å². The highest BCUT2D eigenvalue weighted by Gasteiger charge is 2.23. The van der Waals surface area contributed by atoms with Crippen molar-refractivity contribution in [3.05, 3.63) is 147 Å². The van der Waals surface area contributed by atoms with E-state index in [-0.39, 0.29) is 16.8 Å². The van der Waals surface area contributed by atoms with Crippen LogP contribution >= 0.6 is 0 Å². The van der Waals surface area contributed by atoms with Crippen molar-refractivity contribution in [3.8, 4) is 5.75 Å². The number of carboxylic acid groups (broad SMARTS) is 1. The number of ether oxygens (including phenoxy) is 1. The smallest absolute Gasteiger partial charge is 0.335 e. The van der Waals surface area contributed by atoms with Crippen LogP contribution in [-0.2, 0) is 6.54 Å².